The van der Waals surface area contributed by atoms with Gasteiger partial charge in [0.15, 0.2) is 9.84 Å². The first kappa shape index (κ1) is 11.6. The van der Waals surface area contributed by atoms with Gasteiger partial charge in [-0.05, 0) is 17.7 Å². The van der Waals surface area contributed by atoms with Crippen molar-refractivity contribution in [3.63, 3.8) is 0 Å². The molecule has 1 aromatic rings. The Bertz CT molecular complexity index is 537. The van der Waals surface area contributed by atoms with Crippen LogP contribution in [0.25, 0.3) is 0 Å². The first-order valence-corrected chi connectivity index (χ1v) is 7.29. The highest BCUT2D eigenvalue weighted by Crippen LogP contribution is 2.29. The maximum absolute atomic E-state index is 11.8. The lowest BCUT2D eigenvalue weighted by Gasteiger charge is -2.23. The van der Waals surface area contributed by atoms with Crippen molar-refractivity contribution in [1.82, 2.24) is 0 Å². The number of hydrogen-bond acceptors (Lipinski definition) is 3. The molecule has 0 spiro atoms. The Morgan fingerprint density at radius 1 is 1.44 bits per heavy atom. The first-order valence-electron chi connectivity index (χ1n) is 4.96. The minimum Gasteiger partial charge on any atom is -0.292 e. The molecule has 0 bridgehead atoms. The Labute approximate surface area is 100 Å². The van der Waals surface area contributed by atoms with E-state index in [4.69, 9.17) is 11.6 Å². The summed E-state index contributed by atoms with van der Waals surface area (Å²) in [6, 6.07) is 6.95. The number of rotatable bonds is 3. The van der Waals surface area contributed by atoms with E-state index in [1.165, 1.54) is 6.26 Å². The fourth-order valence-electron chi connectivity index (χ4n) is 1.81. The van der Waals surface area contributed by atoms with E-state index in [0.29, 0.717) is 10.6 Å². The van der Waals surface area contributed by atoms with Crippen LogP contribution in [-0.4, -0.2) is 26.9 Å². The topological polar surface area (TPSA) is 46.5 Å². The van der Waals surface area contributed by atoms with Gasteiger partial charge in [-0.25, -0.2) is 8.42 Å². The van der Waals surface area contributed by atoms with Gasteiger partial charge in [0.1, 0.15) is 5.25 Å². The predicted octanol–water partition coefficient (Wildman–Crippen LogP) is 2.27. The minimum atomic E-state index is -3.18. The molecular weight excluding hydrogens is 246 g/mol. The van der Waals surface area contributed by atoms with Gasteiger partial charge in [0.2, 0.25) is 0 Å². The summed E-state index contributed by atoms with van der Waals surface area (Å²) in [5, 5.41) is -0.0778. The molecular formula is C11H12ClNO2S. The molecule has 1 aliphatic rings. The maximum Gasteiger partial charge on any atom is 0.159 e. The van der Waals surface area contributed by atoms with E-state index in [9.17, 15) is 8.42 Å². The molecule has 1 aliphatic heterocycles. The monoisotopic (exact) mass is 257 g/mol. The fourth-order valence-corrected chi connectivity index (χ4v) is 3.34. The fraction of sp³-hybridized carbons (Fsp3) is 0.364. The molecule has 86 valence electrons. The smallest absolute Gasteiger partial charge is 0.159 e. The highest BCUT2D eigenvalue weighted by Gasteiger charge is 2.30. The van der Waals surface area contributed by atoms with E-state index >= 15 is 0 Å². The molecule has 0 saturated carbocycles. The second kappa shape index (κ2) is 4.18. The molecule has 3 nitrogen and oxygen atoms in total. The standard InChI is InChI=1S/C11H12ClNO2S/c1-16(14,15)11(10-5-6-13-10)8-3-2-4-9(12)7-8/h2-4,7,11H,5-6H2,1H3. The molecule has 1 heterocycles. The van der Waals surface area contributed by atoms with Crippen LogP contribution in [0.1, 0.15) is 17.2 Å². The number of aliphatic imine (C=N–C) groups is 1. The molecule has 0 fully saturated rings. The summed E-state index contributed by atoms with van der Waals surface area (Å²) in [5.41, 5.74) is 1.44. The number of sulfone groups is 1. The molecule has 1 atom stereocenters. The molecule has 0 aromatic heterocycles. The lowest BCUT2D eigenvalue weighted by atomic mass is 10.0. The molecule has 0 amide bonds. The summed E-state index contributed by atoms with van der Waals surface area (Å²) in [4.78, 5) is 4.14. The van der Waals surface area contributed by atoms with Crippen molar-refractivity contribution in [3.8, 4) is 0 Å². The van der Waals surface area contributed by atoms with E-state index in [2.05, 4.69) is 4.99 Å². The van der Waals surface area contributed by atoms with E-state index in [0.717, 1.165) is 18.7 Å². The Balaban J connectivity index is 2.48. The summed E-state index contributed by atoms with van der Waals surface area (Å²) >= 11 is 5.87. The zero-order valence-corrected chi connectivity index (χ0v) is 10.4. The predicted molar refractivity (Wildman–Crippen MR) is 66.0 cm³/mol. The first-order chi connectivity index (χ1) is 7.48. The second-order valence-electron chi connectivity index (χ2n) is 3.89. The van der Waals surface area contributed by atoms with Gasteiger partial charge < -0.3 is 0 Å². The van der Waals surface area contributed by atoms with Crippen LogP contribution < -0.4 is 0 Å². The third-order valence-corrected chi connectivity index (χ3v) is 4.20. The Kier molecular flexibility index (Phi) is 3.04. The van der Waals surface area contributed by atoms with Crippen LogP contribution in [-0.2, 0) is 9.84 Å². The maximum atomic E-state index is 11.8. The average molecular weight is 258 g/mol. The van der Waals surface area contributed by atoms with Crippen molar-refractivity contribution < 1.29 is 8.42 Å². The zero-order valence-electron chi connectivity index (χ0n) is 8.85. The second-order valence-corrected chi connectivity index (χ2v) is 6.45. The summed E-state index contributed by atoms with van der Waals surface area (Å²) in [6.07, 6.45) is 1.99. The summed E-state index contributed by atoms with van der Waals surface area (Å²) < 4.78 is 23.5. The zero-order chi connectivity index (χ0) is 11.8. The van der Waals surface area contributed by atoms with Crippen molar-refractivity contribution in [2.75, 3.05) is 12.8 Å². The van der Waals surface area contributed by atoms with E-state index in [1.54, 1.807) is 24.3 Å². The summed E-state index contributed by atoms with van der Waals surface area (Å²) in [7, 11) is -3.18. The highest BCUT2D eigenvalue weighted by molar-refractivity contribution is 7.91. The molecule has 5 heteroatoms. The highest BCUT2D eigenvalue weighted by atomic mass is 35.5. The third-order valence-electron chi connectivity index (χ3n) is 2.57. The van der Waals surface area contributed by atoms with Gasteiger partial charge >= 0.3 is 0 Å². The molecule has 1 unspecified atom stereocenters. The Morgan fingerprint density at radius 2 is 2.12 bits per heavy atom. The van der Waals surface area contributed by atoms with Crippen LogP contribution >= 0.6 is 11.6 Å². The lowest BCUT2D eigenvalue weighted by Crippen LogP contribution is -2.27. The Hall–Kier alpha value is -0.870. The van der Waals surface area contributed by atoms with Gasteiger partial charge in [-0.2, -0.15) is 0 Å². The van der Waals surface area contributed by atoms with Gasteiger partial charge in [0.05, 0.1) is 0 Å². The van der Waals surface area contributed by atoms with Crippen LogP contribution in [0.3, 0.4) is 0 Å². The lowest BCUT2D eigenvalue weighted by molar-refractivity contribution is 0.597. The molecule has 0 aliphatic carbocycles. The number of halogens is 1. The molecule has 0 N–H and O–H groups in total. The van der Waals surface area contributed by atoms with Crippen molar-refractivity contribution in [2.45, 2.75) is 11.7 Å². The van der Waals surface area contributed by atoms with Gasteiger partial charge in [-0.15, -0.1) is 0 Å². The van der Waals surface area contributed by atoms with Crippen LogP contribution in [0.4, 0.5) is 0 Å². The summed E-state index contributed by atoms with van der Waals surface area (Å²) in [5.74, 6) is 0. The van der Waals surface area contributed by atoms with Crippen molar-refractivity contribution >= 4 is 27.1 Å². The normalized spacial score (nSPS) is 17.5. The quantitative estimate of drug-likeness (QED) is 0.834. The van der Waals surface area contributed by atoms with Crippen molar-refractivity contribution in [2.24, 2.45) is 4.99 Å². The summed E-state index contributed by atoms with van der Waals surface area (Å²) in [6.45, 7) is 0.724. The van der Waals surface area contributed by atoms with E-state index in [1.807, 2.05) is 0 Å². The van der Waals surface area contributed by atoms with Crippen LogP contribution in [0.15, 0.2) is 29.3 Å². The molecule has 16 heavy (non-hydrogen) atoms. The molecule has 1 aromatic carbocycles. The number of nitrogens with zero attached hydrogens (tertiary/aromatic N) is 1. The van der Waals surface area contributed by atoms with Gasteiger partial charge in [-0.1, -0.05) is 23.7 Å². The van der Waals surface area contributed by atoms with E-state index < -0.39 is 15.1 Å². The van der Waals surface area contributed by atoms with Crippen LogP contribution in [0.2, 0.25) is 5.02 Å². The van der Waals surface area contributed by atoms with E-state index in [-0.39, 0.29) is 0 Å². The van der Waals surface area contributed by atoms with Crippen molar-refractivity contribution in [1.29, 1.82) is 0 Å². The van der Waals surface area contributed by atoms with Gasteiger partial charge in [0, 0.05) is 30.0 Å². The Morgan fingerprint density at radius 3 is 2.56 bits per heavy atom. The van der Waals surface area contributed by atoms with Gasteiger partial charge in [-0.3, -0.25) is 4.99 Å². The van der Waals surface area contributed by atoms with Crippen LogP contribution in [0, 0.1) is 0 Å². The average Bonchev–Trinajstić information content (AvgIpc) is 2.08. The SMILES string of the molecule is CS(=O)(=O)C(C1=NCC1)c1cccc(Cl)c1. The van der Waals surface area contributed by atoms with Crippen molar-refractivity contribution in [3.05, 3.63) is 34.9 Å². The largest absolute Gasteiger partial charge is 0.292 e. The van der Waals surface area contributed by atoms with Gasteiger partial charge in [0.25, 0.3) is 0 Å². The minimum absolute atomic E-state index is 0.547. The number of benzene rings is 1. The molecule has 0 radical (unpaired) electrons. The number of hydrogen-bond donors (Lipinski definition) is 0. The van der Waals surface area contributed by atoms with Crippen LogP contribution in [0.5, 0.6) is 0 Å². The molecule has 2 rings (SSSR count). The third kappa shape index (κ3) is 2.28. The molecule has 0 saturated heterocycles.